The van der Waals surface area contributed by atoms with Crippen LogP contribution >= 0.6 is 7.82 Å². The molecule has 1 amide bonds. The van der Waals surface area contributed by atoms with Gasteiger partial charge in [0.2, 0.25) is 5.91 Å². The van der Waals surface area contributed by atoms with E-state index in [9.17, 15) is 19.0 Å². The molecule has 3 atom stereocenters. The van der Waals surface area contributed by atoms with Gasteiger partial charge in [0.05, 0.1) is 33.8 Å². The van der Waals surface area contributed by atoms with Gasteiger partial charge in [0, 0.05) is 12.8 Å². The fourth-order valence-corrected chi connectivity index (χ4v) is 9.89. The predicted molar refractivity (Wildman–Crippen MR) is 344 cm³/mol. The molecule has 80 heavy (non-hydrogen) atoms. The van der Waals surface area contributed by atoms with E-state index in [1.807, 2.05) is 33.3 Å². The Kier molecular flexibility index (Phi) is 56.8. The van der Waals surface area contributed by atoms with Crippen LogP contribution in [0.5, 0.6) is 0 Å². The number of carbonyl (C=O) groups excluding carboxylic acids is 2. The maximum absolute atomic E-state index is 13.5. The SMILES string of the molecule is CC/C=C/C/C=C/C/C=C/CCCCCCC(=O)NC(COP(=O)([O-])OCC[N+](C)(C)C)C(/C=C\CCCCCCCCCCCCC)OC(=O)CCCCCCCCCCCCC/C=C\C/C=C\C/C=C\C/C=C\CCCCC. The number of esters is 1. The zero-order valence-corrected chi connectivity index (χ0v) is 53.7. The molecule has 0 radical (unpaired) electrons. The number of hydrogen-bond donors (Lipinski definition) is 1. The second-order valence-electron chi connectivity index (χ2n) is 23.2. The number of likely N-dealkylation sites (N-methyl/N-ethyl adjacent to an activating group) is 1. The van der Waals surface area contributed by atoms with Gasteiger partial charge in [-0.2, -0.15) is 0 Å². The van der Waals surface area contributed by atoms with Crippen LogP contribution in [0.25, 0.3) is 0 Å². The molecule has 1 N–H and O–H groups in total. The van der Waals surface area contributed by atoms with Crippen LogP contribution in [-0.4, -0.2) is 69.4 Å². The van der Waals surface area contributed by atoms with Crippen LogP contribution < -0.4 is 10.2 Å². The first-order chi connectivity index (χ1) is 38.9. The lowest BCUT2D eigenvalue weighted by Gasteiger charge is -2.30. The maximum Gasteiger partial charge on any atom is 0.306 e. The average molecular weight is 1140 g/mol. The van der Waals surface area contributed by atoms with Crippen LogP contribution in [0.15, 0.2) is 97.2 Å². The first-order valence-electron chi connectivity index (χ1n) is 33.0. The summed E-state index contributed by atoms with van der Waals surface area (Å²) in [6, 6.07) is -0.906. The van der Waals surface area contributed by atoms with Gasteiger partial charge in [-0.1, -0.05) is 260 Å². The first kappa shape index (κ1) is 76.9. The van der Waals surface area contributed by atoms with Crippen molar-refractivity contribution in [3.05, 3.63) is 97.2 Å². The minimum absolute atomic E-state index is 0.0311. The van der Waals surface area contributed by atoms with Crippen molar-refractivity contribution in [1.82, 2.24) is 5.32 Å². The Morgan fingerprint density at radius 2 is 0.800 bits per heavy atom. The van der Waals surface area contributed by atoms with Crippen LogP contribution in [0.1, 0.15) is 284 Å². The predicted octanol–water partition coefficient (Wildman–Crippen LogP) is 20.1. The highest BCUT2D eigenvalue weighted by molar-refractivity contribution is 7.45. The molecule has 0 fully saturated rings. The fraction of sp³-hybridized carbons (Fsp3) is 0.743. The van der Waals surface area contributed by atoms with Crippen molar-refractivity contribution in [2.75, 3.05) is 40.9 Å². The highest BCUT2D eigenvalue weighted by Gasteiger charge is 2.27. The second-order valence-corrected chi connectivity index (χ2v) is 24.6. The number of allylic oxidation sites excluding steroid dienone is 15. The van der Waals surface area contributed by atoms with Crippen molar-refractivity contribution < 1.29 is 37.3 Å². The molecule has 462 valence electrons. The van der Waals surface area contributed by atoms with Gasteiger partial charge >= 0.3 is 5.97 Å². The smallest absolute Gasteiger partial charge is 0.306 e. The molecule has 0 rings (SSSR count). The maximum atomic E-state index is 13.5. The third-order valence-electron chi connectivity index (χ3n) is 14.2. The standard InChI is InChI=1S/C70H125N2O7P/c1-7-10-13-16-19-22-25-28-30-31-32-33-34-35-36-37-38-39-40-41-42-45-48-51-54-57-60-63-70(74)79-68(61-58-55-52-49-46-43-27-24-21-18-15-12-9-3)67(66-78-80(75,76)77-65-64-72(4,5)6)71-69(73)62-59-56-53-50-47-44-29-26-23-20-17-14-11-8-2/h11,14,19-20,22-23,28-30,32-33,35-36,44,58,61,67-68H,7-10,12-13,15-18,21,24-27,31,34,37-43,45-57,59-60,62-66H2,1-6H3,(H-,71,73,75,76)/b14-11+,22-19-,23-20+,30-28-,33-32-,36-35-,44-29+,61-58-. The van der Waals surface area contributed by atoms with Crippen molar-refractivity contribution in [3.63, 3.8) is 0 Å². The van der Waals surface area contributed by atoms with Crippen LogP contribution in [0.3, 0.4) is 0 Å². The topological polar surface area (TPSA) is 114 Å². The van der Waals surface area contributed by atoms with Gasteiger partial charge in [0.25, 0.3) is 7.82 Å². The molecule has 0 aliphatic heterocycles. The van der Waals surface area contributed by atoms with E-state index in [0.29, 0.717) is 17.4 Å². The molecule has 0 saturated carbocycles. The van der Waals surface area contributed by atoms with Crippen molar-refractivity contribution in [2.24, 2.45) is 0 Å². The number of phosphoric ester groups is 1. The summed E-state index contributed by atoms with van der Waals surface area (Å²) < 4.78 is 30.3. The highest BCUT2D eigenvalue weighted by Crippen LogP contribution is 2.38. The van der Waals surface area contributed by atoms with Crippen LogP contribution in [0.4, 0.5) is 0 Å². The summed E-state index contributed by atoms with van der Waals surface area (Å²) in [5.41, 5.74) is 0. The van der Waals surface area contributed by atoms with E-state index in [1.165, 1.54) is 135 Å². The molecule has 3 unspecified atom stereocenters. The Morgan fingerprint density at radius 1 is 0.450 bits per heavy atom. The second kappa shape index (κ2) is 59.1. The number of hydrogen-bond acceptors (Lipinski definition) is 7. The van der Waals surface area contributed by atoms with Gasteiger partial charge in [-0.25, -0.2) is 0 Å². The molecule has 0 bridgehead atoms. The number of nitrogens with one attached hydrogen (secondary N) is 1. The third kappa shape index (κ3) is 59.5. The highest BCUT2D eigenvalue weighted by atomic mass is 31.2. The quantitative estimate of drug-likeness (QED) is 0.0212. The number of amides is 1. The molecule has 0 saturated heterocycles. The molecule has 0 heterocycles. The van der Waals surface area contributed by atoms with Gasteiger partial charge in [-0.3, -0.25) is 14.2 Å². The summed E-state index contributed by atoms with van der Waals surface area (Å²) >= 11 is 0. The number of phosphoric acid groups is 1. The van der Waals surface area contributed by atoms with Crippen LogP contribution in [0, 0.1) is 0 Å². The Labute approximate surface area is 494 Å². The first-order valence-corrected chi connectivity index (χ1v) is 34.5. The van der Waals surface area contributed by atoms with E-state index in [0.717, 1.165) is 109 Å². The van der Waals surface area contributed by atoms with Crippen molar-refractivity contribution >= 4 is 19.7 Å². The largest absolute Gasteiger partial charge is 0.756 e. The third-order valence-corrected chi connectivity index (χ3v) is 15.2. The van der Waals surface area contributed by atoms with Crippen LogP contribution in [-0.2, 0) is 27.9 Å². The van der Waals surface area contributed by atoms with Crippen molar-refractivity contribution in [2.45, 2.75) is 296 Å². The Hall–Kier alpha value is -3.07. The van der Waals surface area contributed by atoms with Gasteiger partial charge in [-0.05, 0) is 109 Å². The van der Waals surface area contributed by atoms with Crippen molar-refractivity contribution in [1.29, 1.82) is 0 Å². The lowest BCUT2D eigenvalue weighted by atomic mass is 10.0. The van der Waals surface area contributed by atoms with E-state index in [2.05, 4.69) is 111 Å². The number of rotatable bonds is 59. The van der Waals surface area contributed by atoms with E-state index < -0.39 is 26.6 Å². The molecule has 0 aliphatic rings. The molecular weight excluding hydrogens is 1010 g/mol. The van der Waals surface area contributed by atoms with E-state index >= 15 is 0 Å². The number of quaternary nitrogens is 1. The van der Waals surface area contributed by atoms with E-state index in [-0.39, 0.29) is 31.3 Å². The Morgan fingerprint density at radius 3 is 1.23 bits per heavy atom. The number of nitrogens with zero attached hydrogens (tertiary/aromatic N) is 1. The minimum Gasteiger partial charge on any atom is -0.756 e. The minimum atomic E-state index is -4.71. The van der Waals surface area contributed by atoms with Gasteiger partial charge in [0.1, 0.15) is 19.3 Å². The van der Waals surface area contributed by atoms with E-state index in [4.69, 9.17) is 13.8 Å². The number of unbranched alkanes of at least 4 members (excludes halogenated alkanes) is 29. The molecule has 0 spiro atoms. The normalized spacial score (nSPS) is 14.2. The summed E-state index contributed by atoms with van der Waals surface area (Å²) in [6.07, 6.45) is 79.5. The summed E-state index contributed by atoms with van der Waals surface area (Å²) in [5, 5.41) is 3.02. The lowest BCUT2D eigenvalue weighted by molar-refractivity contribution is -0.870. The zero-order chi connectivity index (χ0) is 58.6. The molecule has 0 aromatic heterocycles. The van der Waals surface area contributed by atoms with Gasteiger partial charge in [0.15, 0.2) is 0 Å². The molecule has 10 heteroatoms. The molecule has 9 nitrogen and oxygen atoms in total. The summed E-state index contributed by atoms with van der Waals surface area (Å²) in [4.78, 5) is 40.0. The molecule has 0 aliphatic carbocycles. The molecule has 0 aromatic rings. The van der Waals surface area contributed by atoms with Crippen molar-refractivity contribution in [3.8, 4) is 0 Å². The molecular formula is C70H125N2O7P. The molecule has 0 aromatic carbocycles. The van der Waals surface area contributed by atoms with Gasteiger partial charge < -0.3 is 28.5 Å². The monoisotopic (exact) mass is 1140 g/mol. The average Bonchev–Trinajstić information content (AvgIpc) is 3.42. The Bertz CT molecular complexity index is 1690. The summed E-state index contributed by atoms with van der Waals surface area (Å²) in [6.45, 7) is 6.69. The van der Waals surface area contributed by atoms with E-state index in [1.54, 1.807) is 0 Å². The Balaban J connectivity index is 5.12. The number of carbonyl (C=O) groups is 2. The van der Waals surface area contributed by atoms with Gasteiger partial charge in [-0.15, -0.1) is 0 Å². The lowest BCUT2D eigenvalue weighted by Crippen LogP contribution is -2.47. The summed E-state index contributed by atoms with van der Waals surface area (Å²) in [7, 11) is 1.16. The summed E-state index contributed by atoms with van der Waals surface area (Å²) in [5.74, 6) is -0.570. The zero-order valence-electron chi connectivity index (χ0n) is 52.8. The fourth-order valence-electron chi connectivity index (χ4n) is 9.17. The van der Waals surface area contributed by atoms with Crippen LogP contribution in [0.2, 0.25) is 0 Å². The number of ether oxygens (including phenoxy) is 1.